The van der Waals surface area contributed by atoms with E-state index in [2.05, 4.69) is 29.5 Å². The number of nitrogens with zero attached hydrogens (tertiary/aromatic N) is 2. The number of anilines is 1. The summed E-state index contributed by atoms with van der Waals surface area (Å²) in [5.41, 5.74) is 2.02. The van der Waals surface area contributed by atoms with E-state index >= 15 is 0 Å². The lowest BCUT2D eigenvalue weighted by atomic mass is 10.2. The van der Waals surface area contributed by atoms with Gasteiger partial charge in [0.25, 0.3) is 5.91 Å². The maximum Gasteiger partial charge on any atom is 0.322 e. The zero-order valence-corrected chi connectivity index (χ0v) is 18.8. The number of aryl methyl sites for hydroxylation is 1. The second kappa shape index (κ2) is 11.8. The molecule has 0 atom stereocenters. The number of nitrogens with one attached hydrogen (secondary N) is 2. The Morgan fingerprint density at radius 2 is 1.97 bits per heavy atom. The predicted molar refractivity (Wildman–Crippen MR) is 120 cm³/mol. The number of hydrogen-bond donors (Lipinski definition) is 2. The van der Waals surface area contributed by atoms with Crippen LogP contribution < -0.4 is 10.6 Å². The molecule has 1 aromatic heterocycles. The molecule has 0 unspecified atom stereocenters. The normalized spacial score (nSPS) is 10.6. The maximum atomic E-state index is 12.8. The van der Waals surface area contributed by atoms with Gasteiger partial charge < -0.3 is 15.5 Å². The highest BCUT2D eigenvalue weighted by molar-refractivity contribution is 7.09. The van der Waals surface area contributed by atoms with E-state index in [1.807, 2.05) is 19.1 Å². The molecule has 0 aliphatic rings. The van der Waals surface area contributed by atoms with Gasteiger partial charge in [0.2, 0.25) is 0 Å². The van der Waals surface area contributed by atoms with Crippen molar-refractivity contribution in [1.82, 2.24) is 15.2 Å². The lowest BCUT2D eigenvalue weighted by molar-refractivity contribution is 0.0948. The number of aromatic nitrogens is 1. The van der Waals surface area contributed by atoms with Crippen molar-refractivity contribution < 1.29 is 9.59 Å². The molecule has 0 bridgehead atoms. The molecule has 0 saturated carbocycles. The molecule has 6 nitrogen and oxygen atoms in total. The third-order valence-electron chi connectivity index (χ3n) is 4.42. The Labute approximate surface area is 181 Å². The van der Waals surface area contributed by atoms with Crippen molar-refractivity contribution in [2.45, 2.75) is 53.0 Å². The molecule has 0 saturated heterocycles. The molecule has 0 spiro atoms. The van der Waals surface area contributed by atoms with Gasteiger partial charge in [-0.1, -0.05) is 44.4 Å². The van der Waals surface area contributed by atoms with Gasteiger partial charge >= 0.3 is 6.03 Å². The molecule has 2 rings (SSSR count). The number of rotatable bonds is 10. The van der Waals surface area contributed by atoms with E-state index in [1.54, 1.807) is 16.3 Å². The number of amides is 3. The molecule has 0 aliphatic carbocycles. The molecular weight excluding hydrogens is 408 g/mol. The van der Waals surface area contributed by atoms with Crippen LogP contribution in [-0.4, -0.2) is 34.9 Å². The van der Waals surface area contributed by atoms with Crippen LogP contribution in [0.2, 0.25) is 5.02 Å². The van der Waals surface area contributed by atoms with E-state index < -0.39 is 0 Å². The van der Waals surface area contributed by atoms with Gasteiger partial charge in [0.05, 0.1) is 6.54 Å². The van der Waals surface area contributed by atoms with E-state index in [0.717, 1.165) is 36.3 Å². The molecule has 8 heteroatoms. The molecule has 158 valence electrons. The molecule has 2 aromatic rings. The van der Waals surface area contributed by atoms with Crippen LogP contribution in [0.1, 0.15) is 60.6 Å². The lowest BCUT2D eigenvalue weighted by Crippen LogP contribution is -2.35. The quantitative estimate of drug-likeness (QED) is 0.485. The molecule has 0 fully saturated rings. The lowest BCUT2D eigenvalue weighted by Gasteiger charge is -2.22. The maximum absolute atomic E-state index is 12.8. The van der Waals surface area contributed by atoms with Gasteiger partial charge in [0, 0.05) is 29.2 Å². The fourth-order valence-corrected chi connectivity index (χ4v) is 3.56. The van der Waals surface area contributed by atoms with Gasteiger partial charge in [0.1, 0.15) is 10.7 Å². The smallest absolute Gasteiger partial charge is 0.322 e. The van der Waals surface area contributed by atoms with Crippen molar-refractivity contribution in [1.29, 1.82) is 0 Å². The number of carbonyl (C=O) groups is 2. The van der Waals surface area contributed by atoms with E-state index in [-0.39, 0.29) is 11.9 Å². The second-order valence-corrected chi connectivity index (χ2v) is 8.26. The van der Waals surface area contributed by atoms with Gasteiger partial charge in [-0.15, -0.1) is 11.3 Å². The van der Waals surface area contributed by atoms with E-state index in [1.165, 1.54) is 11.3 Å². The van der Waals surface area contributed by atoms with Crippen LogP contribution in [0.15, 0.2) is 23.6 Å². The van der Waals surface area contributed by atoms with Gasteiger partial charge in [-0.3, -0.25) is 4.79 Å². The summed E-state index contributed by atoms with van der Waals surface area (Å²) in [6, 6.07) is 5.25. The number of halogens is 1. The van der Waals surface area contributed by atoms with E-state index in [4.69, 9.17) is 11.6 Å². The SMILES string of the molecule is CCCCNC(=O)c1csc(CN(CCCC)C(=O)Nc2ccc(C)c(Cl)c2)n1. The highest BCUT2D eigenvalue weighted by atomic mass is 35.5. The van der Waals surface area contributed by atoms with Crippen LogP contribution >= 0.6 is 22.9 Å². The van der Waals surface area contributed by atoms with Gasteiger partial charge in [-0.05, 0) is 37.5 Å². The first-order valence-corrected chi connectivity index (χ1v) is 11.2. The fourth-order valence-electron chi connectivity index (χ4n) is 2.59. The Hall–Kier alpha value is -2.12. The first-order valence-electron chi connectivity index (χ1n) is 9.99. The van der Waals surface area contributed by atoms with Crippen molar-refractivity contribution in [2.75, 3.05) is 18.4 Å². The predicted octanol–water partition coefficient (Wildman–Crippen LogP) is 5.47. The van der Waals surface area contributed by atoms with Crippen LogP contribution in [0.4, 0.5) is 10.5 Å². The molecule has 3 amide bonds. The molecule has 2 N–H and O–H groups in total. The Morgan fingerprint density at radius 3 is 2.66 bits per heavy atom. The van der Waals surface area contributed by atoms with Crippen molar-refractivity contribution in [3.8, 4) is 0 Å². The number of carbonyl (C=O) groups excluding carboxylic acids is 2. The summed E-state index contributed by atoms with van der Waals surface area (Å²) in [6.45, 7) is 7.69. The molecule has 0 aliphatic heterocycles. The summed E-state index contributed by atoms with van der Waals surface area (Å²) in [5.74, 6) is -0.167. The summed E-state index contributed by atoms with van der Waals surface area (Å²) >= 11 is 7.55. The third-order valence-corrected chi connectivity index (χ3v) is 5.66. The van der Waals surface area contributed by atoms with Crippen LogP contribution in [-0.2, 0) is 6.54 Å². The Balaban J connectivity index is 2.03. The summed E-state index contributed by atoms with van der Waals surface area (Å²) in [6.07, 6.45) is 3.83. The largest absolute Gasteiger partial charge is 0.351 e. The number of urea groups is 1. The van der Waals surface area contributed by atoms with Crippen LogP contribution in [0.3, 0.4) is 0 Å². The first kappa shape index (κ1) is 23.2. The molecular formula is C21H29ClN4O2S. The fraction of sp³-hybridized carbons (Fsp3) is 0.476. The number of hydrogen-bond acceptors (Lipinski definition) is 4. The summed E-state index contributed by atoms with van der Waals surface area (Å²) in [4.78, 5) is 31.1. The minimum Gasteiger partial charge on any atom is -0.351 e. The minimum atomic E-state index is -0.206. The number of unbranched alkanes of at least 4 members (excludes halogenated alkanes) is 2. The highest BCUT2D eigenvalue weighted by Crippen LogP contribution is 2.21. The summed E-state index contributed by atoms with van der Waals surface area (Å²) < 4.78 is 0. The monoisotopic (exact) mass is 436 g/mol. The van der Waals surface area contributed by atoms with Crippen LogP contribution in [0.25, 0.3) is 0 Å². The topological polar surface area (TPSA) is 74.3 Å². The Kier molecular flexibility index (Phi) is 9.41. The van der Waals surface area contributed by atoms with Crippen LogP contribution in [0, 0.1) is 6.92 Å². The Bertz CT molecular complexity index is 825. The summed E-state index contributed by atoms with van der Waals surface area (Å²) in [7, 11) is 0. The zero-order chi connectivity index (χ0) is 21.2. The average molecular weight is 437 g/mol. The standard InChI is InChI=1S/C21H29ClN4O2S/c1-4-6-10-23-20(27)18-14-29-19(25-18)13-26(11-7-5-2)21(28)24-16-9-8-15(3)17(22)12-16/h8-9,12,14H,4-7,10-11,13H2,1-3H3,(H,23,27)(H,24,28). The molecule has 29 heavy (non-hydrogen) atoms. The minimum absolute atomic E-state index is 0.167. The van der Waals surface area contributed by atoms with Crippen molar-refractivity contribution >= 4 is 40.6 Å². The number of thiazole rings is 1. The van der Waals surface area contributed by atoms with Gasteiger partial charge in [0.15, 0.2) is 0 Å². The first-order chi connectivity index (χ1) is 13.9. The zero-order valence-electron chi connectivity index (χ0n) is 17.3. The Morgan fingerprint density at radius 1 is 1.21 bits per heavy atom. The average Bonchev–Trinajstić information content (AvgIpc) is 3.16. The highest BCUT2D eigenvalue weighted by Gasteiger charge is 2.17. The molecule has 0 radical (unpaired) electrons. The number of benzene rings is 1. The van der Waals surface area contributed by atoms with E-state index in [9.17, 15) is 9.59 Å². The third kappa shape index (κ3) is 7.33. The van der Waals surface area contributed by atoms with Crippen molar-refractivity contribution in [2.24, 2.45) is 0 Å². The van der Waals surface area contributed by atoms with Crippen LogP contribution in [0.5, 0.6) is 0 Å². The molecule has 1 heterocycles. The van der Waals surface area contributed by atoms with E-state index in [0.29, 0.717) is 36.0 Å². The van der Waals surface area contributed by atoms with Gasteiger partial charge in [-0.2, -0.15) is 0 Å². The van der Waals surface area contributed by atoms with Gasteiger partial charge in [-0.25, -0.2) is 9.78 Å². The van der Waals surface area contributed by atoms with Crippen molar-refractivity contribution in [3.05, 3.63) is 44.9 Å². The summed E-state index contributed by atoms with van der Waals surface area (Å²) in [5, 5.41) is 8.86. The molecule has 1 aromatic carbocycles. The van der Waals surface area contributed by atoms with Crippen molar-refractivity contribution in [3.63, 3.8) is 0 Å². The second-order valence-electron chi connectivity index (χ2n) is 6.91.